The van der Waals surface area contributed by atoms with Crippen LogP contribution in [0.2, 0.25) is 0 Å². The average molecular weight is 281 g/mol. The zero-order valence-corrected chi connectivity index (χ0v) is 12.7. The standard InChI is InChI=1S/C13H19N3S2/c1-13(2,3)12-16-9-10(18-12)8-14-5-4-11-15-6-7-17-11/h6-7,9,14H,4-5,8H2,1-3H3. The molecule has 2 aromatic rings. The highest BCUT2D eigenvalue weighted by Gasteiger charge is 2.17. The Kier molecular flexibility index (Phi) is 4.48. The van der Waals surface area contributed by atoms with Crippen molar-refractivity contribution in [2.75, 3.05) is 6.54 Å². The molecule has 98 valence electrons. The molecule has 5 heteroatoms. The highest BCUT2D eigenvalue weighted by molar-refractivity contribution is 7.11. The van der Waals surface area contributed by atoms with Gasteiger partial charge < -0.3 is 5.32 Å². The Balaban J connectivity index is 1.75. The van der Waals surface area contributed by atoms with Gasteiger partial charge in [0.2, 0.25) is 0 Å². The molecule has 0 amide bonds. The fraction of sp³-hybridized carbons (Fsp3) is 0.538. The summed E-state index contributed by atoms with van der Waals surface area (Å²) in [7, 11) is 0. The van der Waals surface area contributed by atoms with Gasteiger partial charge in [0, 0.05) is 47.6 Å². The van der Waals surface area contributed by atoms with Crippen molar-refractivity contribution in [1.82, 2.24) is 15.3 Å². The fourth-order valence-electron chi connectivity index (χ4n) is 1.52. The third-order valence-corrected chi connectivity index (χ3v) is 4.76. The first-order valence-electron chi connectivity index (χ1n) is 6.10. The normalized spacial score (nSPS) is 11.9. The van der Waals surface area contributed by atoms with Crippen LogP contribution in [-0.2, 0) is 18.4 Å². The second-order valence-electron chi connectivity index (χ2n) is 5.23. The van der Waals surface area contributed by atoms with Crippen molar-refractivity contribution in [3.05, 3.63) is 32.7 Å². The molecule has 0 saturated carbocycles. The number of hydrogen-bond donors (Lipinski definition) is 1. The van der Waals surface area contributed by atoms with Gasteiger partial charge in [-0.15, -0.1) is 22.7 Å². The second kappa shape index (κ2) is 5.91. The predicted octanol–water partition coefficient (Wildman–Crippen LogP) is 3.23. The lowest BCUT2D eigenvalue weighted by molar-refractivity contribution is 0.585. The molecule has 3 nitrogen and oxygen atoms in total. The van der Waals surface area contributed by atoms with Gasteiger partial charge in [-0.3, -0.25) is 0 Å². The van der Waals surface area contributed by atoms with Crippen LogP contribution in [0.1, 0.15) is 35.7 Å². The van der Waals surface area contributed by atoms with E-state index in [-0.39, 0.29) is 5.41 Å². The van der Waals surface area contributed by atoms with Gasteiger partial charge in [-0.2, -0.15) is 0 Å². The molecule has 1 N–H and O–H groups in total. The maximum Gasteiger partial charge on any atom is 0.0981 e. The molecular formula is C13H19N3S2. The molecule has 2 aromatic heterocycles. The van der Waals surface area contributed by atoms with Crippen molar-refractivity contribution in [3.8, 4) is 0 Å². The van der Waals surface area contributed by atoms with E-state index in [2.05, 4.69) is 36.1 Å². The maximum absolute atomic E-state index is 4.48. The fourth-order valence-corrected chi connectivity index (χ4v) is 3.08. The molecule has 0 saturated heterocycles. The van der Waals surface area contributed by atoms with E-state index in [4.69, 9.17) is 0 Å². The lowest BCUT2D eigenvalue weighted by atomic mass is 9.98. The number of rotatable bonds is 5. The van der Waals surface area contributed by atoms with Crippen LogP contribution in [0.5, 0.6) is 0 Å². The van der Waals surface area contributed by atoms with Gasteiger partial charge in [0.05, 0.1) is 10.0 Å². The first-order valence-corrected chi connectivity index (χ1v) is 7.79. The monoisotopic (exact) mass is 281 g/mol. The first-order chi connectivity index (χ1) is 8.55. The third kappa shape index (κ3) is 3.86. The summed E-state index contributed by atoms with van der Waals surface area (Å²) in [6, 6.07) is 0. The summed E-state index contributed by atoms with van der Waals surface area (Å²) >= 11 is 3.52. The minimum absolute atomic E-state index is 0.157. The van der Waals surface area contributed by atoms with E-state index < -0.39 is 0 Å². The van der Waals surface area contributed by atoms with Gasteiger partial charge in [-0.25, -0.2) is 9.97 Å². The summed E-state index contributed by atoms with van der Waals surface area (Å²) in [5, 5.41) is 7.87. The summed E-state index contributed by atoms with van der Waals surface area (Å²) in [6.45, 7) is 8.47. The minimum atomic E-state index is 0.157. The molecule has 2 heterocycles. The Bertz CT molecular complexity index is 469. The smallest absolute Gasteiger partial charge is 0.0981 e. The van der Waals surface area contributed by atoms with Crippen LogP contribution in [-0.4, -0.2) is 16.5 Å². The molecule has 0 spiro atoms. The van der Waals surface area contributed by atoms with Gasteiger partial charge in [0.1, 0.15) is 0 Å². The molecular weight excluding hydrogens is 262 g/mol. The molecule has 0 aliphatic heterocycles. The summed E-state index contributed by atoms with van der Waals surface area (Å²) < 4.78 is 0. The molecule has 2 rings (SSSR count). The predicted molar refractivity (Wildman–Crippen MR) is 78.3 cm³/mol. The topological polar surface area (TPSA) is 37.8 Å². The lowest BCUT2D eigenvalue weighted by Crippen LogP contribution is -2.15. The van der Waals surface area contributed by atoms with Crippen molar-refractivity contribution in [2.24, 2.45) is 0 Å². The SMILES string of the molecule is CC(C)(C)c1ncc(CNCCc2nccs2)s1. The van der Waals surface area contributed by atoms with E-state index in [9.17, 15) is 0 Å². The van der Waals surface area contributed by atoms with Crippen molar-refractivity contribution in [1.29, 1.82) is 0 Å². The number of nitrogens with zero attached hydrogens (tertiary/aromatic N) is 2. The van der Waals surface area contributed by atoms with Crippen molar-refractivity contribution >= 4 is 22.7 Å². The van der Waals surface area contributed by atoms with Crippen LogP contribution in [0, 0.1) is 0 Å². The molecule has 0 atom stereocenters. The minimum Gasteiger partial charge on any atom is -0.311 e. The Hall–Kier alpha value is -0.780. The van der Waals surface area contributed by atoms with E-state index >= 15 is 0 Å². The highest BCUT2D eigenvalue weighted by Crippen LogP contribution is 2.26. The van der Waals surface area contributed by atoms with Gasteiger partial charge in [0.25, 0.3) is 0 Å². The van der Waals surface area contributed by atoms with Gasteiger partial charge in [-0.05, 0) is 0 Å². The highest BCUT2D eigenvalue weighted by atomic mass is 32.1. The van der Waals surface area contributed by atoms with Crippen molar-refractivity contribution in [3.63, 3.8) is 0 Å². The van der Waals surface area contributed by atoms with Crippen LogP contribution in [0.4, 0.5) is 0 Å². The van der Waals surface area contributed by atoms with Gasteiger partial charge in [0.15, 0.2) is 0 Å². The van der Waals surface area contributed by atoms with Crippen LogP contribution in [0.3, 0.4) is 0 Å². The Labute approximate surface area is 116 Å². The first kappa shape index (κ1) is 13.6. The largest absolute Gasteiger partial charge is 0.311 e. The number of aromatic nitrogens is 2. The van der Waals surface area contributed by atoms with Gasteiger partial charge in [-0.1, -0.05) is 20.8 Å². The van der Waals surface area contributed by atoms with E-state index in [0.717, 1.165) is 19.5 Å². The van der Waals surface area contributed by atoms with Crippen molar-refractivity contribution in [2.45, 2.75) is 39.2 Å². The summed E-state index contributed by atoms with van der Waals surface area (Å²) in [4.78, 5) is 10.1. The Morgan fingerprint density at radius 3 is 2.72 bits per heavy atom. The zero-order valence-electron chi connectivity index (χ0n) is 11.1. The summed E-state index contributed by atoms with van der Waals surface area (Å²) in [5.74, 6) is 0. The molecule has 18 heavy (non-hydrogen) atoms. The van der Waals surface area contributed by atoms with E-state index in [1.54, 1.807) is 22.7 Å². The van der Waals surface area contributed by atoms with Crippen LogP contribution in [0.25, 0.3) is 0 Å². The molecule has 0 unspecified atom stereocenters. The quantitative estimate of drug-likeness (QED) is 0.855. The molecule has 0 radical (unpaired) electrons. The lowest BCUT2D eigenvalue weighted by Gasteiger charge is -2.13. The molecule has 0 aliphatic rings. The van der Waals surface area contributed by atoms with E-state index in [1.165, 1.54) is 14.9 Å². The van der Waals surface area contributed by atoms with E-state index in [1.807, 2.05) is 17.8 Å². The number of hydrogen-bond acceptors (Lipinski definition) is 5. The molecule has 0 bridgehead atoms. The average Bonchev–Trinajstić information content (AvgIpc) is 2.95. The van der Waals surface area contributed by atoms with Crippen molar-refractivity contribution < 1.29 is 0 Å². The molecule has 0 fully saturated rings. The molecule has 0 aliphatic carbocycles. The van der Waals surface area contributed by atoms with E-state index in [0.29, 0.717) is 0 Å². The van der Waals surface area contributed by atoms with Gasteiger partial charge >= 0.3 is 0 Å². The summed E-state index contributed by atoms with van der Waals surface area (Å²) in [6.07, 6.45) is 4.85. The Morgan fingerprint density at radius 2 is 2.11 bits per heavy atom. The number of nitrogens with one attached hydrogen (secondary N) is 1. The third-order valence-electron chi connectivity index (χ3n) is 2.49. The maximum atomic E-state index is 4.48. The van der Waals surface area contributed by atoms with Crippen LogP contribution in [0.15, 0.2) is 17.8 Å². The summed E-state index contributed by atoms with van der Waals surface area (Å²) in [5.41, 5.74) is 0.157. The second-order valence-corrected chi connectivity index (χ2v) is 7.33. The number of thiazole rings is 2. The van der Waals surface area contributed by atoms with Crippen LogP contribution >= 0.6 is 22.7 Å². The van der Waals surface area contributed by atoms with Crippen LogP contribution < -0.4 is 5.32 Å². The zero-order chi connectivity index (χ0) is 13.0. The Morgan fingerprint density at radius 1 is 1.28 bits per heavy atom. The molecule has 0 aromatic carbocycles.